The molecule has 8 heteroatoms. The number of aliphatic hydroxyl groups is 1. The molecule has 28 heavy (non-hydrogen) atoms. The largest absolute Gasteiger partial charge is 0.396 e. The number of rotatable bonds is 8. The second kappa shape index (κ2) is 12.9. The van der Waals surface area contributed by atoms with Crippen LogP contribution in [0.25, 0.3) is 0 Å². The van der Waals surface area contributed by atoms with Crippen LogP contribution in [0.4, 0.5) is 10.1 Å². The van der Waals surface area contributed by atoms with E-state index in [1.807, 2.05) is 6.92 Å². The number of anilines is 1. The van der Waals surface area contributed by atoms with E-state index in [9.17, 15) is 14.3 Å². The summed E-state index contributed by atoms with van der Waals surface area (Å²) < 4.78 is 12.9. The molecule has 1 aromatic carbocycles. The number of amides is 1. The van der Waals surface area contributed by atoms with Crippen LogP contribution in [0, 0.1) is 11.2 Å². The van der Waals surface area contributed by atoms with E-state index in [0.717, 1.165) is 25.8 Å². The van der Waals surface area contributed by atoms with E-state index in [1.165, 1.54) is 43.5 Å². The number of carbonyl (C=O) groups excluding carboxylic acids is 1. The Morgan fingerprint density at radius 3 is 2.46 bits per heavy atom. The highest BCUT2D eigenvalue weighted by Gasteiger charge is 2.31. The molecule has 0 heterocycles. The lowest BCUT2D eigenvalue weighted by Crippen LogP contribution is -2.45. The van der Waals surface area contributed by atoms with Crippen LogP contribution in [-0.2, 0) is 4.79 Å². The Balaban J connectivity index is 0.00000392. The topological polar surface area (TPSA) is 85.8 Å². The van der Waals surface area contributed by atoms with Gasteiger partial charge in [-0.15, -0.1) is 24.0 Å². The monoisotopic (exact) mass is 506 g/mol. The lowest BCUT2D eigenvalue weighted by Gasteiger charge is -2.37. The van der Waals surface area contributed by atoms with E-state index in [4.69, 9.17) is 0 Å². The van der Waals surface area contributed by atoms with Gasteiger partial charge in [0.05, 0.1) is 0 Å². The number of guanidine groups is 1. The molecule has 0 radical (unpaired) electrons. The van der Waals surface area contributed by atoms with Gasteiger partial charge < -0.3 is 21.1 Å². The molecule has 0 atom stereocenters. The van der Waals surface area contributed by atoms with Gasteiger partial charge in [-0.3, -0.25) is 4.79 Å². The average Bonchev–Trinajstić information content (AvgIpc) is 2.67. The maximum Gasteiger partial charge on any atom is 0.246 e. The third-order valence-electron chi connectivity index (χ3n) is 5.04. The summed E-state index contributed by atoms with van der Waals surface area (Å²) in [6, 6.07) is 5.63. The van der Waals surface area contributed by atoms with E-state index >= 15 is 0 Å². The molecule has 0 aromatic heterocycles. The Hall–Kier alpha value is -1.42. The lowest BCUT2D eigenvalue weighted by molar-refractivity contribution is -0.114. The minimum atomic E-state index is -0.343. The fraction of sp³-hybridized carbons (Fsp3) is 0.600. The van der Waals surface area contributed by atoms with Gasteiger partial charge in [0.15, 0.2) is 5.96 Å². The third kappa shape index (κ3) is 8.30. The first-order chi connectivity index (χ1) is 13.1. The first kappa shape index (κ1) is 24.6. The molecule has 1 saturated carbocycles. The second-order valence-corrected chi connectivity index (χ2v) is 7.14. The van der Waals surface area contributed by atoms with E-state index in [-0.39, 0.29) is 54.3 Å². The van der Waals surface area contributed by atoms with Crippen molar-refractivity contribution in [2.45, 2.75) is 45.4 Å². The Morgan fingerprint density at radius 1 is 1.18 bits per heavy atom. The molecule has 1 aliphatic carbocycles. The standard InChI is InChI=1S/C20H31FN4O2.HI/c1-2-22-19(24-15-20(12-13-26)10-4-3-5-11-20)23-14-18(27)25-17-8-6-16(21)7-9-17;/h6-9,26H,2-5,10-15H2,1H3,(H,25,27)(H2,22,23,24);1H. The van der Waals surface area contributed by atoms with Gasteiger partial charge in [-0.05, 0) is 55.9 Å². The molecule has 2 rings (SSSR count). The van der Waals surface area contributed by atoms with Crippen molar-refractivity contribution in [2.24, 2.45) is 10.4 Å². The van der Waals surface area contributed by atoms with E-state index in [1.54, 1.807) is 0 Å². The van der Waals surface area contributed by atoms with Gasteiger partial charge in [0, 0.05) is 25.4 Å². The van der Waals surface area contributed by atoms with Crippen LogP contribution in [0.2, 0.25) is 0 Å². The van der Waals surface area contributed by atoms with Gasteiger partial charge in [0.1, 0.15) is 12.4 Å². The smallest absolute Gasteiger partial charge is 0.246 e. The predicted molar refractivity (Wildman–Crippen MR) is 122 cm³/mol. The van der Waals surface area contributed by atoms with Crippen LogP contribution < -0.4 is 16.0 Å². The van der Waals surface area contributed by atoms with Gasteiger partial charge in [-0.2, -0.15) is 0 Å². The second-order valence-electron chi connectivity index (χ2n) is 7.14. The Morgan fingerprint density at radius 2 is 1.86 bits per heavy atom. The lowest BCUT2D eigenvalue weighted by atomic mass is 9.72. The zero-order chi connectivity index (χ0) is 19.5. The summed E-state index contributed by atoms with van der Waals surface area (Å²) in [5.41, 5.74) is 0.637. The van der Waals surface area contributed by atoms with Gasteiger partial charge in [0.2, 0.25) is 5.91 Å². The van der Waals surface area contributed by atoms with Crippen molar-refractivity contribution < 1.29 is 14.3 Å². The van der Waals surface area contributed by atoms with Crippen molar-refractivity contribution in [3.63, 3.8) is 0 Å². The molecule has 0 unspecified atom stereocenters. The zero-order valence-electron chi connectivity index (χ0n) is 16.5. The molecule has 1 aliphatic rings. The van der Waals surface area contributed by atoms with Gasteiger partial charge in [0.25, 0.3) is 0 Å². The quantitative estimate of drug-likeness (QED) is 0.248. The average molecular weight is 506 g/mol. The molecule has 4 N–H and O–H groups in total. The minimum Gasteiger partial charge on any atom is -0.396 e. The summed E-state index contributed by atoms with van der Waals surface area (Å²) in [4.78, 5) is 16.4. The fourth-order valence-corrected chi connectivity index (χ4v) is 3.55. The molecule has 1 fully saturated rings. The summed E-state index contributed by atoms with van der Waals surface area (Å²) in [5, 5.41) is 18.6. The Kier molecular flexibility index (Phi) is 11.4. The molecule has 1 amide bonds. The number of nitrogens with one attached hydrogen (secondary N) is 3. The minimum absolute atomic E-state index is 0. The molecule has 6 nitrogen and oxygen atoms in total. The van der Waals surface area contributed by atoms with Crippen molar-refractivity contribution >= 4 is 41.5 Å². The van der Waals surface area contributed by atoms with Crippen LogP contribution in [0.5, 0.6) is 0 Å². The molecule has 0 saturated heterocycles. The van der Waals surface area contributed by atoms with E-state index < -0.39 is 0 Å². The maximum absolute atomic E-state index is 12.9. The first-order valence-corrected chi connectivity index (χ1v) is 9.75. The van der Waals surface area contributed by atoms with Gasteiger partial charge in [-0.25, -0.2) is 9.38 Å². The number of aliphatic imine (C=N–C) groups is 1. The number of hydrogen-bond donors (Lipinski definition) is 4. The highest BCUT2D eigenvalue weighted by molar-refractivity contribution is 14.0. The molecular weight excluding hydrogens is 474 g/mol. The van der Waals surface area contributed by atoms with E-state index in [0.29, 0.717) is 18.2 Å². The summed E-state index contributed by atoms with van der Waals surface area (Å²) in [6.07, 6.45) is 6.62. The zero-order valence-corrected chi connectivity index (χ0v) is 18.8. The van der Waals surface area contributed by atoms with Crippen LogP contribution in [-0.4, -0.2) is 43.2 Å². The van der Waals surface area contributed by atoms with Crippen LogP contribution in [0.3, 0.4) is 0 Å². The molecular formula is C20H32FIN4O2. The number of hydrogen-bond acceptors (Lipinski definition) is 3. The van der Waals surface area contributed by atoms with Crippen molar-refractivity contribution in [1.29, 1.82) is 0 Å². The SMILES string of the molecule is CCNC(=NCC(=O)Nc1ccc(F)cc1)NCC1(CCO)CCCCC1.I. The highest BCUT2D eigenvalue weighted by atomic mass is 127. The van der Waals surface area contributed by atoms with E-state index in [2.05, 4.69) is 20.9 Å². The van der Waals surface area contributed by atoms with Crippen molar-refractivity contribution in [3.05, 3.63) is 30.1 Å². The van der Waals surface area contributed by atoms with Crippen LogP contribution in [0.1, 0.15) is 45.4 Å². The Bertz CT molecular complexity index is 614. The number of halogens is 2. The third-order valence-corrected chi connectivity index (χ3v) is 5.04. The molecule has 0 aliphatic heterocycles. The summed E-state index contributed by atoms with van der Waals surface area (Å²) >= 11 is 0. The predicted octanol–water partition coefficient (Wildman–Crippen LogP) is 3.27. The molecule has 1 aromatic rings. The number of benzene rings is 1. The molecule has 158 valence electrons. The van der Waals surface area contributed by atoms with Crippen molar-refractivity contribution in [3.8, 4) is 0 Å². The number of aliphatic hydroxyl groups excluding tert-OH is 1. The Labute approximate surface area is 183 Å². The van der Waals surface area contributed by atoms with Crippen molar-refractivity contribution in [1.82, 2.24) is 10.6 Å². The van der Waals surface area contributed by atoms with Crippen molar-refractivity contribution in [2.75, 3.05) is 31.6 Å². The fourth-order valence-electron chi connectivity index (χ4n) is 3.55. The first-order valence-electron chi connectivity index (χ1n) is 9.75. The molecule has 0 spiro atoms. The molecule has 0 bridgehead atoms. The highest BCUT2D eigenvalue weighted by Crippen LogP contribution is 2.38. The summed E-state index contributed by atoms with van der Waals surface area (Å²) in [5.74, 6) is -0.0135. The van der Waals surface area contributed by atoms with Crippen LogP contribution >= 0.6 is 24.0 Å². The summed E-state index contributed by atoms with van der Waals surface area (Å²) in [6.45, 7) is 3.56. The van der Waals surface area contributed by atoms with Crippen LogP contribution in [0.15, 0.2) is 29.3 Å². The number of carbonyl (C=O) groups is 1. The maximum atomic E-state index is 12.9. The van der Waals surface area contributed by atoms with Gasteiger partial charge >= 0.3 is 0 Å². The number of nitrogens with zero attached hydrogens (tertiary/aromatic N) is 1. The van der Waals surface area contributed by atoms with Gasteiger partial charge in [-0.1, -0.05) is 19.3 Å². The summed E-state index contributed by atoms with van der Waals surface area (Å²) in [7, 11) is 0. The normalized spacial score (nSPS) is 16.0.